The summed E-state index contributed by atoms with van der Waals surface area (Å²) in [6, 6.07) is 11.1. The number of halogens is 1. The van der Waals surface area contributed by atoms with Gasteiger partial charge in [-0.05, 0) is 42.3 Å². The second-order valence-corrected chi connectivity index (χ2v) is 5.88. The van der Waals surface area contributed by atoms with Gasteiger partial charge in [0.1, 0.15) is 5.82 Å². The highest BCUT2D eigenvalue weighted by atomic mass is 32.2. The van der Waals surface area contributed by atoms with Crippen LogP contribution in [0.1, 0.15) is 21.5 Å². The highest BCUT2D eigenvalue weighted by Gasteiger charge is 2.12. The number of hydrogen-bond donors (Lipinski definition) is 1. The van der Waals surface area contributed by atoms with Crippen LogP contribution in [0, 0.1) is 12.7 Å². The van der Waals surface area contributed by atoms with Gasteiger partial charge in [0.05, 0.1) is 22.1 Å². The SMILES string of the molecule is Cc1cccc(S(=O)Cc2ccc(C(=O)O)c(F)c2)c1. The van der Waals surface area contributed by atoms with Crippen molar-refractivity contribution >= 4 is 16.8 Å². The second-order valence-electron chi connectivity index (χ2n) is 4.43. The molecule has 0 heterocycles. The summed E-state index contributed by atoms with van der Waals surface area (Å²) in [5, 5.41) is 8.75. The summed E-state index contributed by atoms with van der Waals surface area (Å²) in [5.41, 5.74) is 1.13. The summed E-state index contributed by atoms with van der Waals surface area (Å²) in [7, 11) is -1.28. The molecule has 0 fully saturated rings. The Labute approximate surface area is 118 Å². The average Bonchev–Trinajstić information content (AvgIpc) is 2.38. The van der Waals surface area contributed by atoms with E-state index in [0.717, 1.165) is 11.6 Å². The number of aryl methyl sites for hydroxylation is 1. The van der Waals surface area contributed by atoms with Crippen LogP contribution in [0.15, 0.2) is 47.4 Å². The topological polar surface area (TPSA) is 54.4 Å². The summed E-state index contributed by atoms with van der Waals surface area (Å²) >= 11 is 0. The van der Waals surface area contributed by atoms with Crippen LogP contribution in [-0.2, 0) is 16.6 Å². The van der Waals surface area contributed by atoms with Crippen LogP contribution >= 0.6 is 0 Å². The van der Waals surface area contributed by atoms with Gasteiger partial charge in [0.2, 0.25) is 0 Å². The first-order valence-corrected chi connectivity index (χ1v) is 7.26. The number of benzene rings is 2. The fourth-order valence-corrected chi connectivity index (χ4v) is 3.01. The molecule has 0 aliphatic carbocycles. The van der Waals surface area contributed by atoms with E-state index in [4.69, 9.17) is 5.11 Å². The molecule has 2 aromatic carbocycles. The Morgan fingerprint density at radius 1 is 1.25 bits per heavy atom. The molecule has 2 rings (SSSR count). The van der Waals surface area contributed by atoms with Crippen LogP contribution in [0.2, 0.25) is 0 Å². The van der Waals surface area contributed by atoms with Crippen LogP contribution in [0.5, 0.6) is 0 Å². The standard InChI is InChI=1S/C15H13FO3S/c1-10-3-2-4-12(7-10)20(19)9-11-5-6-13(15(17)18)14(16)8-11/h2-8H,9H2,1H3,(H,17,18). The first-order valence-electron chi connectivity index (χ1n) is 5.94. The van der Waals surface area contributed by atoms with Gasteiger partial charge in [-0.3, -0.25) is 4.21 Å². The first-order chi connectivity index (χ1) is 9.47. The van der Waals surface area contributed by atoms with Crippen LogP contribution < -0.4 is 0 Å². The van der Waals surface area contributed by atoms with E-state index < -0.39 is 22.6 Å². The van der Waals surface area contributed by atoms with Gasteiger partial charge < -0.3 is 5.11 Å². The predicted molar refractivity (Wildman–Crippen MR) is 74.7 cm³/mol. The molecule has 0 bridgehead atoms. The quantitative estimate of drug-likeness (QED) is 0.942. The normalized spacial score (nSPS) is 12.1. The molecule has 0 aliphatic heterocycles. The van der Waals surface area contributed by atoms with E-state index in [9.17, 15) is 13.4 Å². The van der Waals surface area contributed by atoms with Gasteiger partial charge >= 0.3 is 5.97 Å². The average molecular weight is 292 g/mol. The minimum absolute atomic E-state index is 0.153. The Kier molecular flexibility index (Phi) is 4.29. The van der Waals surface area contributed by atoms with E-state index in [1.165, 1.54) is 12.1 Å². The monoisotopic (exact) mass is 292 g/mol. The zero-order valence-electron chi connectivity index (χ0n) is 10.8. The van der Waals surface area contributed by atoms with Gasteiger partial charge in [-0.2, -0.15) is 0 Å². The van der Waals surface area contributed by atoms with Gasteiger partial charge in [0, 0.05) is 4.90 Å². The third kappa shape index (κ3) is 3.30. The molecule has 5 heteroatoms. The molecule has 1 unspecified atom stereocenters. The summed E-state index contributed by atoms with van der Waals surface area (Å²) in [5.74, 6) is -1.97. The Morgan fingerprint density at radius 2 is 2.00 bits per heavy atom. The molecule has 1 N–H and O–H groups in total. The van der Waals surface area contributed by atoms with E-state index >= 15 is 0 Å². The summed E-state index contributed by atoms with van der Waals surface area (Å²) in [6.45, 7) is 1.90. The predicted octanol–water partition coefficient (Wildman–Crippen LogP) is 3.14. The molecule has 0 aliphatic rings. The molecule has 104 valence electrons. The van der Waals surface area contributed by atoms with Gasteiger partial charge in [-0.15, -0.1) is 0 Å². The minimum atomic E-state index is -1.31. The van der Waals surface area contributed by atoms with Crippen LogP contribution in [0.4, 0.5) is 4.39 Å². The van der Waals surface area contributed by atoms with E-state index in [2.05, 4.69) is 0 Å². The Bertz CT molecular complexity index is 683. The van der Waals surface area contributed by atoms with E-state index in [1.54, 1.807) is 6.07 Å². The van der Waals surface area contributed by atoms with Crippen LogP contribution in [-0.4, -0.2) is 15.3 Å². The van der Waals surface area contributed by atoms with Gasteiger partial charge in [-0.1, -0.05) is 18.2 Å². The number of carboxylic acid groups (broad SMARTS) is 1. The zero-order valence-corrected chi connectivity index (χ0v) is 11.6. The highest BCUT2D eigenvalue weighted by molar-refractivity contribution is 7.84. The fraction of sp³-hybridized carbons (Fsp3) is 0.133. The first kappa shape index (κ1) is 14.4. The number of aromatic carboxylic acids is 1. The van der Waals surface area contributed by atoms with Crippen molar-refractivity contribution in [2.45, 2.75) is 17.6 Å². The molecule has 0 saturated carbocycles. The lowest BCUT2D eigenvalue weighted by Gasteiger charge is -2.05. The van der Waals surface area contributed by atoms with Crippen LogP contribution in [0.25, 0.3) is 0 Å². The molecule has 2 aromatic rings. The molecular formula is C15H13FO3S. The number of carbonyl (C=O) groups is 1. The second kappa shape index (κ2) is 5.96. The van der Waals surface area contributed by atoms with Gasteiger partial charge in [-0.25, -0.2) is 9.18 Å². The number of hydrogen-bond acceptors (Lipinski definition) is 2. The van der Waals surface area contributed by atoms with E-state index in [-0.39, 0.29) is 11.3 Å². The number of carboxylic acids is 1. The fourth-order valence-electron chi connectivity index (χ4n) is 1.81. The lowest BCUT2D eigenvalue weighted by Crippen LogP contribution is -2.03. The van der Waals surface area contributed by atoms with Crippen molar-refractivity contribution in [3.63, 3.8) is 0 Å². The highest BCUT2D eigenvalue weighted by Crippen LogP contribution is 2.16. The third-order valence-electron chi connectivity index (χ3n) is 2.81. The van der Waals surface area contributed by atoms with Crippen molar-refractivity contribution in [3.8, 4) is 0 Å². The van der Waals surface area contributed by atoms with Crippen molar-refractivity contribution < 1.29 is 18.5 Å². The summed E-state index contributed by atoms with van der Waals surface area (Å²) in [6.07, 6.45) is 0. The molecule has 0 amide bonds. The van der Waals surface area contributed by atoms with Gasteiger partial charge in [0.25, 0.3) is 0 Å². The molecule has 20 heavy (non-hydrogen) atoms. The van der Waals surface area contributed by atoms with Crippen molar-refractivity contribution in [1.82, 2.24) is 0 Å². The van der Waals surface area contributed by atoms with Crippen molar-refractivity contribution in [2.24, 2.45) is 0 Å². The largest absolute Gasteiger partial charge is 0.478 e. The molecule has 0 radical (unpaired) electrons. The summed E-state index contributed by atoms with van der Waals surface area (Å²) in [4.78, 5) is 11.4. The van der Waals surface area contributed by atoms with Crippen molar-refractivity contribution in [2.75, 3.05) is 0 Å². The molecule has 3 nitrogen and oxygen atoms in total. The maximum atomic E-state index is 13.5. The molecule has 0 aromatic heterocycles. The molecule has 0 spiro atoms. The lowest BCUT2D eigenvalue weighted by atomic mass is 10.1. The smallest absolute Gasteiger partial charge is 0.338 e. The van der Waals surface area contributed by atoms with Crippen LogP contribution in [0.3, 0.4) is 0 Å². The summed E-state index contributed by atoms with van der Waals surface area (Å²) < 4.78 is 25.7. The maximum Gasteiger partial charge on any atom is 0.338 e. The molecule has 1 atom stereocenters. The van der Waals surface area contributed by atoms with Crippen molar-refractivity contribution in [1.29, 1.82) is 0 Å². The Balaban J connectivity index is 2.20. The van der Waals surface area contributed by atoms with E-state index in [1.807, 2.05) is 25.1 Å². The molecule has 0 saturated heterocycles. The van der Waals surface area contributed by atoms with Crippen molar-refractivity contribution in [3.05, 3.63) is 65.0 Å². The number of rotatable bonds is 4. The Morgan fingerprint density at radius 3 is 2.60 bits per heavy atom. The third-order valence-corrected chi connectivity index (χ3v) is 4.19. The molecular weight excluding hydrogens is 279 g/mol. The lowest BCUT2D eigenvalue weighted by molar-refractivity contribution is 0.0692. The van der Waals surface area contributed by atoms with Gasteiger partial charge in [0.15, 0.2) is 0 Å². The maximum absolute atomic E-state index is 13.5. The zero-order chi connectivity index (χ0) is 14.7. The Hall–Kier alpha value is -2.01. The minimum Gasteiger partial charge on any atom is -0.478 e. The van der Waals surface area contributed by atoms with E-state index in [0.29, 0.717) is 10.5 Å².